The largest absolute Gasteiger partial charge is 0.286 e. The van der Waals surface area contributed by atoms with E-state index in [1.807, 2.05) is 25.1 Å². The SMILES string of the molecule is Cc1nc2scc(C)n2c1C=NNc1nc2ccccc2s1. The Hall–Kier alpha value is -2.25. The maximum absolute atomic E-state index is 4.54. The predicted molar refractivity (Wildman–Crippen MR) is 93.4 cm³/mol. The zero-order chi connectivity index (χ0) is 15.1. The predicted octanol–water partition coefficient (Wildman–Crippen LogP) is 4.07. The fourth-order valence-electron chi connectivity index (χ4n) is 2.35. The lowest BCUT2D eigenvalue weighted by Crippen LogP contribution is -1.96. The molecule has 110 valence electrons. The topological polar surface area (TPSA) is 54.6 Å². The first-order valence-corrected chi connectivity index (χ1v) is 8.50. The third-order valence-electron chi connectivity index (χ3n) is 3.39. The van der Waals surface area contributed by atoms with E-state index in [0.717, 1.165) is 31.7 Å². The van der Waals surface area contributed by atoms with Gasteiger partial charge in [0, 0.05) is 11.1 Å². The Morgan fingerprint density at radius 3 is 2.95 bits per heavy atom. The van der Waals surface area contributed by atoms with E-state index in [0.29, 0.717) is 0 Å². The molecule has 3 aromatic heterocycles. The Morgan fingerprint density at radius 1 is 1.23 bits per heavy atom. The average molecular weight is 327 g/mol. The van der Waals surface area contributed by atoms with Crippen LogP contribution in [0.2, 0.25) is 0 Å². The van der Waals surface area contributed by atoms with E-state index in [2.05, 4.69) is 43.3 Å². The van der Waals surface area contributed by atoms with Crippen molar-refractivity contribution in [2.45, 2.75) is 13.8 Å². The molecule has 0 aliphatic heterocycles. The van der Waals surface area contributed by atoms with E-state index in [1.54, 1.807) is 28.9 Å². The van der Waals surface area contributed by atoms with Crippen LogP contribution in [-0.2, 0) is 0 Å². The van der Waals surface area contributed by atoms with Gasteiger partial charge < -0.3 is 0 Å². The van der Waals surface area contributed by atoms with Crippen molar-refractivity contribution in [1.82, 2.24) is 14.4 Å². The number of hydrogen-bond acceptors (Lipinski definition) is 6. The maximum atomic E-state index is 4.54. The van der Waals surface area contributed by atoms with Gasteiger partial charge in [-0.15, -0.1) is 11.3 Å². The highest BCUT2D eigenvalue weighted by Gasteiger charge is 2.10. The van der Waals surface area contributed by atoms with Crippen LogP contribution in [0.1, 0.15) is 17.1 Å². The molecule has 0 radical (unpaired) electrons. The van der Waals surface area contributed by atoms with Crippen LogP contribution < -0.4 is 5.43 Å². The van der Waals surface area contributed by atoms with Crippen LogP contribution in [0.5, 0.6) is 0 Å². The summed E-state index contributed by atoms with van der Waals surface area (Å²) in [5.41, 5.74) is 7.15. The second-order valence-electron chi connectivity index (χ2n) is 4.93. The van der Waals surface area contributed by atoms with Crippen molar-refractivity contribution in [3.63, 3.8) is 0 Å². The molecule has 0 aliphatic rings. The summed E-state index contributed by atoms with van der Waals surface area (Å²) in [7, 11) is 0. The molecule has 4 aromatic rings. The summed E-state index contributed by atoms with van der Waals surface area (Å²) < 4.78 is 3.26. The van der Waals surface area contributed by atoms with E-state index in [9.17, 15) is 0 Å². The average Bonchev–Trinajstić information content (AvgIpc) is 3.15. The highest BCUT2D eigenvalue weighted by Crippen LogP contribution is 2.25. The van der Waals surface area contributed by atoms with Gasteiger partial charge in [0.25, 0.3) is 0 Å². The molecule has 5 nitrogen and oxygen atoms in total. The molecule has 0 saturated carbocycles. The first-order valence-electron chi connectivity index (χ1n) is 6.80. The molecule has 1 aromatic carbocycles. The molecule has 0 aliphatic carbocycles. The number of rotatable bonds is 3. The number of hydrazone groups is 1. The Balaban J connectivity index is 1.63. The van der Waals surface area contributed by atoms with E-state index < -0.39 is 0 Å². The lowest BCUT2D eigenvalue weighted by Gasteiger charge is -1.96. The fourth-order valence-corrected chi connectivity index (χ4v) is 4.08. The number of nitrogens with zero attached hydrogens (tertiary/aromatic N) is 4. The summed E-state index contributed by atoms with van der Waals surface area (Å²) in [5.74, 6) is 0. The lowest BCUT2D eigenvalue weighted by atomic mass is 10.3. The quantitative estimate of drug-likeness (QED) is 0.456. The molecule has 22 heavy (non-hydrogen) atoms. The smallest absolute Gasteiger partial charge is 0.204 e. The molecule has 0 atom stereocenters. The fraction of sp³-hybridized carbons (Fsp3) is 0.133. The molecular weight excluding hydrogens is 314 g/mol. The minimum Gasteiger partial charge on any atom is -0.286 e. The summed E-state index contributed by atoms with van der Waals surface area (Å²) in [6, 6.07) is 8.06. The van der Waals surface area contributed by atoms with E-state index in [1.165, 1.54) is 5.69 Å². The van der Waals surface area contributed by atoms with E-state index >= 15 is 0 Å². The summed E-state index contributed by atoms with van der Waals surface area (Å²) in [6.45, 7) is 4.07. The molecule has 0 saturated heterocycles. The van der Waals surface area contributed by atoms with Gasteiger partial charge in [0.1, 0.15) is 0 Å². The molecule has 0 spiro atoms. The van der Waals surface area contributed by atoms with Gasteiger partial charge in [0.2, 0.25) is 5.13 Å². The third-order valence-corrected chi connectivity index (χ3v) is 5.28. The van der Waals surface area contributed by atoms with Crippen molar-refractivity contribution in [2.75, 3.05) is 5.43 Å². The van der Waals surface area contributed by atoms with Crippen molar-refractivity contribution in [3.8, 4) is 0 Å². The molecule has 1 N–H and O–H groups in total. The van der Waals surface area contributed by atoms with Crippen molar-refractivity contribution < 1.29 is 0 Å². The van der Waals surface area contributed by atoms with Gasteiger partial charge in [-0.25, -0.2) is 9.97 Å². The van der Waals surface area contributed by atoms with E-state index in [4.69, 9.17) is 0 Å². The Kier molecular flexibility index (Phi) is 3.16. The van der Waals surface area contributed by atoms with Crippen molar-refractivity contribution in [2.24, 2.45) is 5.10 Å². The number of aromatic nitrogens is 3. The van der Waals surface area contributed by atoms with Crippen molar-refractivity contribution >= 4 is 49.2 Å². The number of hydrogen-bond donors (Lipinski definition) is 1. The normalized spacial score (nSPS) is 11.9. The molecule has 3 heterocycles. The second-order valence-corrected chi connectivity index (χ2v) is 6.80. The number of fused-ring (bicyclic) bond motifs is 2. The van der Waals surface area contributed by atoms with Gasteiger partial charge in [-0.05, 0) is 26.0 Å². The first kappa shape index (κ1) is 13.4. The molecule has 4 rings (SSSR count). The zero-order valence-electron chi connectivity index (χ0n) is 12.1. The number of nitrogens with one attached hydrogen (secondary N) is 1. The highest BCUT2D eigenvalue weighted by atomic mass is 32.1. The number of benzene rings is 1. The van der Waals surface area contributed by atoms with Crippen LogP contribution in [0.25, 0.3) is 15.2 Å². The van der Waals surface area contributed by atoms with Gasteiger partial charge in [-0.2, -0.15) is 5.10 Å². The standard InChI is InChI=1S/C15H13N5S2/c1-9-8-21-15-17-10(2)12(20(9)15)7-16-19-14-18-11-5-3-4-6-13(11)22-14/h3-8H,1-2H3,(H,18,19). The summed E-state index contributed by atoms with van der Waals surface area (Å²) in [5, 5.41) is 7.21. The molecule has 0 unspecified atom stereocenters. The number of para-hydroxylation sites is 1. The Morgan fingerprint density at radius 2 is 2.09 bits per heavy atom. The molecule has 0 fully saturated rings. The third kappa shape index (κ3) is 2.18. The second kappa shape index (κ2) is 5.19. The van der Waals surface area contributed by atoms with Crippen LogP contribution in [0.3, 0.4) is 0 Å². The van der Waals surface area contributed by atoms with Gasteiger partial charge in [0.05, 0.1) is 27.8 Å². The molecular formula is C15H13N5S2. The summed E-state index contributed by atoms with van der Waals surface area (Å²) in [6.07, 6.45) is 1.81. The molecule has 0 amide bonds. The number of aryl methyl sites for hydroxylation is 2. The minimum absolute atomic E-state index is 0.790. The van der Waals surface area contributed by atoms with Gasteiger partial charge >= 0.3 is 0 Å². The van der Waals surface area contributed by atoms with Crippen molar-refractivity contribution in [3.05, 3.63) is 46.7 Å². The lowest BCUT2D eigenvalue weighted by molar-refractivity contribution is 1.11. The molecule has 7 heteroatoms. The number of thiazole rings is 2. The van der Waals surface area contributed by atoms with Gasteiger partial charge in [-0.1, -0.05) is 23.5 Å². The highest BCUT2D eigenvalue weighted by molar-refractivity contribution is 7.22. The van der Waals surface area contributed by atoms with Gasteiger partial charge in [-0.3, -0.25) is 9.83 Å². The van der Waals surface area contributed by atoms with E-state index in [-0.39, 0.29) is 0 Å². The van der Waals surface area contributed by atoms with Crippen LogP contribution in [0.4, 0.5) is 5.13 Å². The Labute approximate surface area is 135 Å². The van der Waals surface area contributed by atoms with Crippen LogP contribution >= 0.6 is 22.7 Å². The van der Waals surface area contributed by atoms with Gasteiger partial charge in [0.15, 0.2) is 4.96 Å². The zero-order valence-corrected chi connectivity index (χ0v) is 13.7. The monoisotopic (exact) mass is 327 g/mol. The van der Waals surface area contributed by atoms with Crippen LogP contribution in [0, 0.1) is 13.8 Å². The van der Waals surface area contributed by atoms with Crippen molar-refractivity contribution in [1.29, 1.82) is 0 Å². The van der Waals surface area contributed by atoms with Crippen LogP contribution in [0.15, 0.2) is 34.7 Å². The minimum atomic E-state index is 0.790. The number of imidazole rings is 1. The first-order chi connectivity index (χ1) is 10.7. The summed E-state index contributed by atoms with van der Waals surface area (Å²) >= 11 is 3.23. The van der Waals surface area contributed by atoms with Crippen LogP contribution in [-0.4, -0.2) is 20.6 Å². The summed E-state index contributed by atoms with van der Waals surface area (Å²) in [4.78, 5) is 10.0. The Bertz CT molecular complexity index is 959. The maximum Gasteiger partial charge on any atom is 0.204 e. The molecule has 0 bridgehead atoms. The number of anilines is 1.